The average Bonchev–Trinajstić information content (AvgIpc) is 2.82. The highest BCUT2D eigenvalue weighted by atomic mass is 16.5. The summed E-state index contributed by atoms with van der Waals surface area (Å²) in [6, 6.07) is 21.6. The largest absolute Gasteiger partial charge is 0.462 e. The lowest BCUT2D eigenvalue weighted by atomic mass is 9.99. The molecule has 0 fully saturated rings. The van der Waals surface area contributed by atoms with Crippen LogP contribution in [0.1, 0.15) is 48.2 Å². The topological polar surface area (TPSA) is 66.2 Å². The molecule has 5 heteroatoms. The minimum atomic E-state index is -0.351. The van der Waals surface area contributed by atoms with Gasteiger partial charge >= 0.3 is 5.97 Å². The van der Waals surface area contributed by atoms with Crippen LogP contribution in [0.25, 0.3) is 11.1 Å². The lowest BCUT2D eigenvalue weighted by Crippen LogP contribution is -2.27. The number of carbonyl (C=O) groups excluding carboxylic acids is 1. The fourth-order valence-electron chi connectivity index (χ4n) is 3.47. The molecule has 1 heterocycles. The van der Waals surface area contributed by atoms with E-state index in [-0.39, 0.29) is 5.97 Å². The van der Waals surface area contributed by atoms with Gasteiger partial charge < -0.3 is 9.64 Å². The van der Waals surface area contributed by atoms with Crippen LogP contribution in [0.15, 0.2) is 66.9 Å². The molecule has 0 radical (unpaired) electrons. The summed E-state index contributed by atoms with van der Waals surface area (Å²) in [5.41, 5.74) is 4.18. The Hall–Kier alpha value is -3.65. The Labute approximate surface area is 183 Å². The number of esters is 1. The molecule has 5 nitrogen and oxygen atoms in total. The number of benzene rings is 2. The molecular formula is C26H27N3O2. The Morgan fingerprint density at radius 1 is 1.06 bits per heavy atom. The monoisotopic (exact) mass is 413 g/mol. The van der Waals surface area contributed by atoms with E-state index >= 15 is 0 Å². The molecule has 0 unspecified atom stereocenters. The summed E-state index contributed by atoms with van der Waals surface area (Å²) in [5.74, 6) is 0.295. The van der Waals surface area contributed by atoms with Crippen molar-refractivity contribution in [2.75, 3.05) is 18.1 Å². The SMILES string of the molecule is CCCCN(Cc1ccc(-c2ccccc2C#N)cc1)c1ncccc1C(=O)OCC. The van der Waals surface area contributed by atoms with Gasteiger partial charge in [-0.05, 0) is 48.2 Å². The summed E-state index contributed by atoms with van der Waals surface area (Å²) < 4.78 is 5.23. The van der Waals surface area contributed by atoms with Gasteiger partial charge in [-0.3, -0.25) is 0 Å². The molecule has 3 aromatic rings. The van der Waals surface area contributed by atoms with Gasteiger partial charge in [0.05, 0.1) is 18.2 Å². The molecule has 0 atom stereocenters. The molecule has 2 aromatic carbocycles. The van der Waals surface area contributed by atoms with Crippen LogP contribution >= 0.6 is 0 Å². The third-order valence-corrected chi connectivity index (χ3v) is 5.05. The smallest absolute Gasteiger partial charge is 0.341 e. The van der Waals surface area contributed by atoms with E-state index in [1.54, 1.807) is 25.3 Å². The zero-order chi connectivity index (χ0) is 22.1. The van der Waals surface area contributed by atoms with Crippen LogP contribution in [-0.2, 0) is 11.3 Å². The van der Waals surface area contributed by atoms with E-state index in [1.165, 1.54) is 0 Å². The average molecular weight is 414 g/mol. The van der Waals surface area contributed by atoms with E-state index in [4.69, 9.17) is 4.74 Å². The van der Waals surface area contributed by atoms with Crippen molar-refractivity contribution in [1.82, 2.24) is 4.98 Å². The number of pyridine rings is 1. The fourth-order valence-corrected chi connectivity index (χ4v) is 3.47. The minimum absolute atomic E-state index is 0.327. The van der Waals surface area contributed by atoms with Gasteiger partial charge in [0.1, 0.15) is 11.4 Å². The fraction of sp³-hybridized carbons (Fsp3) is 0.269. The standard InChI is InChI=1S/C26H27N3O2/c1-3-5-17-29(25-24(11-8-16-28-25)26(30)31-4-2)19-20-12-14-21(15-13-20)23-10-7-6-9-22(23)18-27/h6-16H,3-5,17,19H2,1-2H3. The van der Waals surface area contributed by atoms with Gasteiger partial charge in [-0.1, -0.05) is 55.8 Å². The van der Waals surface area contributed by atoms with Crippen LogP contribution in [-0.4, -0.2) is 24.1 Å². The van der Waals surface area contributed by atoms with E-state index in [0.717, 1.165) is 36.1 Å². The third kappa shape index (κ3) is 5.49. The number of ether oxygens (including phenoxy) is 1. The van der Waals surface area contributed by atoms with Crippen LogP contribution in [0, 0.1) is 11.3 Å². The van der Waals surface area contributed by atoms with Crippen molar-refractivity contribution >= 4 is 11.8 Å². The molecule has 0 aliphatic heterocycles. The Kier molecular flexibility index (Phi) is 7.78. The second-order valence-corrected chi connectivity index (χ2v) is 7.22. The lowest BCUT2D eigenvalue weighted by Gasteiger charge is -2.25. The predicted octanol–water partition coefficient (Wildman–Crippen LogP) is 5.60. The van der Waals surface area contributed by atoms with Crippen LogP contribution in [0.4, 0.5) is 5.82 Å². The number of anilines is 1. The molecule has 0 aliphatic rings. The molecule has 0 aliphatic carbocycles. The molecule has 0 spiro atoms. The van der Waals surface area contributed by atoms with Crippen molar-refractivity contribution in [1.29, 1.82) is 5.26 Å². The second kappa shape index (κ2) is 10.9. The van der Waals surface area contributed by atoms with E-state index in [2.05, 4.69) is 35.0 Å². The molecular weight excluding hydrogens is 386 g/mol. The first-order valence-corrected chi connectivity index (χ1v) is 10.6. The number of nitrogens with zero attached hydrogens (tertiary/aromatic N) is 3. The molecule has 0 bridgehead atoms. The summed E-state index contributed by atoms with van der Waals surface area (Å²) in [6.07, 6.45) is 3.74. The number of nitriles is 1. The summed E-state index contributed by atoms with van der Waals surface area (Å²) in [7, 11) is 0. The van der Waals surface area contributed by atoms with Gasteiger partial charge in [-0.25, -0.2) is 9.78 Å². The zero-order valence-electron chi connectivity index (χ0n) is 18.0. The first-order valence-electron chi connectivity index (χ1n) is 10.6. The maximum Gasteiger partial charge on any atom is 0.341 e. The van der Waals surface area contributed by atoms with Gasteiger partial charge in [-0.2, -0.15) is 5.26 Å². The number of unbranched alkanes of at least 4 members (excludes halogenated alkanes) is 1. The molecule has 1 aromatic heterocycles. The third-order valence-electron chi connectivity index (χ3n) is 5.05. The Morgan fingerprint density at radius 3 is 2.55 bits per heavy atom. The highest BCUT2D eigenvalue weighted by Crippen LogP contribution is 2.25. The van der Waals surface area contributed by atoms with Gasteiger partial charge in [-0.15, -0.1) is 0 Å². The Bertz CT molecular complexity index is 1050. The minimum Gasteiger partial charge on any atom is -0.462 e. The summed E-state index contributed by atoms with van der Waals surface area (Å²) in [5, 5.41) is 9.37. The number of hydrogen-bond acceptors (Lipinski definition) is 5. The van der Waals surface area contributed by atoms with Crippen molar-refractivity contribution in [3.8, 4) is 17.2 Å². The number of aromatic nitrogens is 1. The van der Waals surface area contributed by atoms with Crippen LogP contribution in [0.5, 0.6) is 0 Å². The van der Waals surface area contributed by atoms with Crippen molar-refractivity contribution in [3.05, 3.63) is 83.6 Å². The highest BCUT2D eigenvalue weighted by molar-refractivity contribution is 5.94. The molecule has 0 N–H and O–H groups in total. The molecule has 3 rings (SSSR count). The molecule has 0 saturated carbocycles. The maximum absolute atomic E-state index is 12.4. The zero-order valence-corrected chi connectivity index (χ0v) is 18.0. The molecule has 0 saturated heterocycles. The summed E-state index contributed by atoms with van der Waals surface area (Å²) in [6.45, 7) is 5.69. The van der Waals surface area contributed by atoms with Gasteiger partial charge in [0.2, 0.25) is 0 Å². The van der Waals surface area contributed by atoms with Crippen LogP contribution in [0.3, 0.4) is 0 Å². The highest BCUT2D eigenvalue weighted by Gasteiger charge is 2.19. The van der Waals surface area contributed by atoms with Crippen LogP contribution in [0.2, 0.25) is 0 Å². The maximum atomic E-state index is 12.4. The van der Waals surface area contributed by atoms with E-state index < -0.39 is 0 Å². The van der Waals surface area contributed by atoms with Crippen molar-refractivity contribution in [2.45, 2.75) is 33.2 Å². The first kappa shape index (κ1) is 22.0. The quantitative estimate of drug-likeness (QED) is 0.427. The molecule has 0 amide bonds. The lowest BCUT2D eigenvalue weighted by molar-refractivity contribution is 0.0526. The van der Waals surface area contributed by atoms with E-state index in [1.807, 2.05) is 36.4 Å². The number of rotatable bonds is 9. The second-order valence-electron chi connectivity index (χ2n) is 7.22. The van der Waals surface area contributed by atoms with Gasteiger partial charge in [0.15, 0.2) is 0 Å². The van der Waals surface area contributed by atoms with Gasteiger partial charge in [0.25, 0.3) is 0 Å². The molecule has 158 valence electrons. The summed E-state index contributed by atoms with van der Waals surface area (Å²) in [4.78, 5) is 19.1. The van der Waals surface area contributed by atoms with Gasteiger partial charge in [0, 0.05) is 19.3 Å². The molecule has 31 heavy (non-hydrogen) atoms. The Morgan fingerprint density at radius 2 is 1.84 bits per heavy atom. The first-order chi connectivity index (χ1) is 15.2. The van der Waals surface area contributed by atoms with Crippen LogP contribution < -0.4 is 4.90 Å². The van der Waals surface area contributed by atoms with Crippen molar-refractivity contribution in [2.24, 2.45) is 0 Å². The summed E-state index contributed by atoms with van der Waals surface area (Å²) >= 11 is 0. The van der Waals surface area contributed by atoms with E-state index in [0.29, 0.717) is 30.1 Å². The Balaban J connectivity index is 1.87. The number of carbonyl (C=O) groups is 1. The predicted molar refractivity (Wildman–Crippen MR) is 123 cm³/mol. The van der Waals surface area contributed by atoms with Crippen molar-refractivity contribution < 1.29 is 9.53 Å². The van der Waals surface area contributed by atoms with E-state index in [9.17, 15) is 10.1 Å². The van der Waals surface area contributed by atoms with Crippen molar-refractivity contribution in [3.63, 3.8) is 0 Å². The normalized spacial score (nSPS) is 10.4. The number of hydrogen-bond donors (Lipinski definition) is 0.